The zero-order chi connectivity index (χ0) is 26.8. The number of rotatable bonds is 22. The first kappa shape index (κ1) is 31.0. The van der Waals surface area contributed by atoms with Crippen molar-refractivity contribution in [2.75, 3.05) is 6.54 Å². The standard InChI is InChI=1S/C31H51N3O3/c1-3-4-5-6-7-8-9-10-11-12-13-14-15-16-17-20-23-32-31(25-35,26(2)36)34-30(37)29-24-27-21-18-19-22-28(27)33-29/h18-19,21-22,24-26,32-33,36H,3-17,20,23H2,1-2H3,(H,34,37)/t26-,31-/m1/s1. The first-order valence-electron chi connectivity index (χ1n) is 14.8. The molecule has 0 aliphatic carbocycles. The number of benzene rings is 1. The fraction of sp³-hybridized carbons (Fsp3) is 0.677. The molecular weight excluding hydrogens is 462 g/mol. The molecule has 37 heavy (non-hydrogen) atoms. The second kappa shape index (κ2) is 18.1. The van der Waals surface area contributed by atoms with Gasteiger partial charge in [-0.3, -0.25) is 14.9 Å². The van der Waals surface area contributed by atoms with Crippen LogP contribution in [0.25, 0.3) is 10.9 Å². The van der Waals surface area contributed by atoms with Crippen molar-refractivity contribution in [3.63, 3.8) is 0 Å². The number of hydrogen-bond acceptors (Lipinski definition) is 4. The SMILES string of the molecule is CCCCCCCCCCCCCCCCCCN[C@](C=O)(NC(=O)c1cc2ccccc2[nH]1)[C@@H](C)O. The molecule has 0 saturated carbocycles. The van der Waals surface area contributed by atoms with E-state index in [4.69, 9.17) is 0 Å². The summed E-state index contributed by atoms with van der Waals surface area (Å²) in [7, 11) is 0. The Labute approximate surface area is 224 Å². The molecule has 0 unspecified atom stereocenters. The van der Waals surface area contributed by atoms with Crippen molar-refractivity contribution >= 4 is 23.1 Å². The maximum Gasteiger partial charge on any atom is 0.269 e. The number of hydrogen-bond donors (Lipinski definition) is 4. The molecule has 6 nitrogen and oxygen atoms in total. The fourth-order valence-corrected chi connectivity index (χ4v) is 4.89. The van der Waals surface area contributed by atoms with Gasteiger partial charge in [-0.15, -0.1) is 0 Å². The lowest BCUT2D eigenvalue weighted by molar-refractivity contribution is -0.118. The number of para-hydroxylation sites is 1. The van der Waals surface area contributed by atoms with E-state index in [1.54, 1.807) is 6.07 Å². The van der Waals surface area contributed by atoms with Crippen LogP contribution < -0.4 is 10.6 Å². The number of amides is 1. The first-order chi connectivity index (χ1) is 18.0. The number of fused-ring (bicyclic) bond motifs is 1. The van der Waals surface area contributed by atoms with E-state index in [9.17, 15) is 14.7 Å². The minimum absolute atomic E-state index is 0.359. The smallest absolute Gasteiger partial charge is 0.269 e. The Kier molecular flexibility index (Phi) is 15.2. The Morgan fingerprint density at radius 1 is 0.892 bits per heavy atom. The van der Waals surface area contributed by atoms with Crippen LogP contribution in [-0.4, -0.2) is 40.6 Å². The minimum Gasteiger partial charge on any atom is -0.389 e. The van der Waals surface area contributed by atoms with Crippen LogP contribution in [0.2, 0.25) is 0 Å². The van der Waals surface area contributed by atoms with Gasteiger partial charge in [-0.25, -0.2) is 0 Å². The zero-order valence-corrected chi connectivity index (χ0v) is 23.3. The highest BCUT2D eigenvalue weighted by Gasteiger charge is 2.37. The minimum atomic E-state index is -1.51. The van der Waals surface area contributed by atoms with Crippen LogP contribution >= 0.6 is 0 Å². The predicted molar refractivity (Wildman–Crippen MR) is 154 cm³/mol. The fourth-order valence-electron chi connectivity index (χ4n) is 4.89. The molecule has 2 aromatic rings. The van der Waals surface area contributed by atoms with Gasteiger partial charge in [0.25, 0.3) is 5.91 Å². The number of aliphatic hydroxyl groups is 1. The lowest BCUT2D eigenvalue weighted by Crippen LogP contribution is -2.66. The quantitative estimate of drug-likeness (QED) is 0.0772. The van der Waals surface area contributed by atoms with Crippen molar-refractivity contribution in [2.24, 2.45) is 0 Å². The molecule has 2 atom stereocenters. The highest BCUT2D eigenvalue weighted by atomic mass is 16.3. The predicted octanol–water partition coefficient (Wildman–Crippen LogP) is 7.02. The molecule has 0 radical (unpaired) electrons. The number of nitrogens with one attached hydrogen (secondary N) is 3. The van der Waals surface area contributed by atoms with E-state index in [1.807, 2.05) is 24.3 Å². The summed E-state index contributed by atoms with van der Waals surface area (Å²) in [6, 6.07) is 9.36. The van der Waals surface area contributed by atoms with Gasteiger partial charge in [0.05, 0.1) is 6.10 Å². The Morgan fingerprint density at radius 3 is 1.89 bits per heavy atom. The number of aromatic amines is 1. The molecule has 4 N–H and O–H groups in total. The van der Waals surface area contributed by atoms with Crippen molar-refractivity contribution < 1.29 is 14.7 Å². The van der Waals surface area contributed by atoms with Gasteiger partial charge in [0, 0.05) is 10.9 Å². The Bertz CT molecular complexity index is 862. The molecule has 0 spiro atoms. The van der Waals surface area contributed by atoms with E-state index in [2.05, 4.69) is 22.5 Å². The summed E-state index contributed by atoms with van der Waals surface area (Å²) in [6.45, 7) is 4.33. The molecule has 1 aromatic carbocycles. The van der Waals surface area contributed by atoms with E-state index in [-0.39, 0.29) is 0 Å². The van der Waals surface area contributed by atoms with Crippen LogP contribution in [0.3, 0.4) is 0 Å². The second-order valence-corrected chi connectivity index (χ2v) is 10.6. The van der Waals surface area contributed by atoms with Gasteiger partial charge in [-0.2, -0.15) is 0 Å². The highest BCUT2D eigenvalue weighted by molar-refractivity contribution is 5.99. The van der Waals surface area contributed by atoms with Gasteiger partial charge in [0.2, 0.25) is 0 Å². The lowest BCUT2D eigenvalue weighted by Gasteiger charge is -2.33. The lowest BCUT2D eigenvalue weighted by atomic mass is 10.0. The monoisotopic (exact) mass is 513 g/mol. The topological polar surface area (TPSA) is 94.2 Å². The van der Waals surface area contributed by atoms with Crippen molar-refractivity contribution in [1.82, 2.24) is 15.6 Å². The van der Waals surface area contributed by atoms with E-state index in [0.717, 1.165) is 23.7 Å². The number of carbonyl (C=O) groups is 2. The summed E-state index contributed by atoms with van der Waals surface area (Å²) < 4.78 is 0. The molecule has 1 aromatic heterocycles. The average Bonchev–Trinajstić information content (AvgIpc) is 3.34. The summed E-state index contributed by atoms with van der Waals surface area (Å²) in [5.41, 5.74) is -0.302. The molecule has 6 heteroatoms. The van der Waals surface area contributed by atoms with E-state index in [1.165, 1.54) is 96.8 Å². The van der Waals surface area contributed by atoms with Gasteiger partial charge in [0.1, 0.15) is 5.69 Å². The number of H-pyrrole nitrogens is 1. The molecule has 1 amide bonds. The molecule has 0 fully saturated rings. The largest absolute Gasteiger partial charge is 0.389 e. The molecule has 1 heterocycles. The molecule has 2 rings (SSSR count). The van der Waals surface area contributed by atoms with Gasteiger partial charge >= 0.3 is 0 Å². The normalized spacial score (nSPS) is 13.9. The zero-order valence-electron chi connectivity index (χ0n) is 23.3. The number of aldehydes is 1. The molecule has 0 aliphatic rings. The third-order valence-electron chi connectivity index (χ3n) is 7.39. The number of unbranched alkanes of at least 4 members (excludes halogenated alkanes) is 15. The van der Waals surface area contributed by atoms with Crippen molar-refractivity contribution in [3.05, 3.63) is 36.0 Å². The third kappa shape index (κ3) is 11.4. The number of aliphatic hydroxyl groups excluding tert-OH is 1. The van der Waals surface area contributed by atoms with Crippen LogP contribution in [0.1, 0.15) is 127 Å². The summed E-state index contributed by atoms with van der Waals surface area (Å²) >= 11 is 0. The number of aromatic nitrogens is 1. The summed E-state index contributed by atoms with van der Waals surface area (Å²) in [5, 5.41) is 17.0. The van der Waals surface area contributed by atoms with Gasteiger partial charge in [0.15, 0.2) is 11.9 Å². The van der Waals surface area contributed by atoms with Crippen molar-refractivity contribution in [3.8, 4) is 0 Å². The van der Waals surface area contributed by atoms with Crippen LogP contribution in [0, 0.1) is 0 Å². The summed E-state index contributed by atoms with van der Waals surface area (Å²) in [6.07, 6.45) is 20.4. The summed E-state index contributed by atoms with van der Waals surface area (Å²) in [5.74, 6) is -0.427. The maximum absolute atomic E-state index is 12.8. The molecule has 208 valence electrons. The van der Waals surface area contributed by atoms with E-state index < -0.39 is 17.7 Å². The van der Waals surface area contributed by atoms with Crippen molar-refractivity contribution in [2.45, 2.75) is 128 Å². The van der Waals surface area contributed by atoms with Crippen LogP contribution in [0.5, 0.6) is 0 Å². The van der Waals surface area contributed by atoms with Crippen LogP contribution in [-0.2, 0) is 4.79 Å². The van der Waals surface area contributed by atoms with Gasteiger partial charge in [-0.1, -0.05) is 121 Å². The van der Waals surface area contributed by atoms with E-state index in [0.29, 0.717) is 18.5 Å². The summed E-state index contributed by atoms with van der Waals surface area (Å²) in [4.78, 5) is 27.9. The maximum atomic E-state index is 12.8. The van der Waals surface area contributed by atoms with Crippen molar-refractivity contribution in [1.29, 1.82) is 0 Å². The molecule has 0 saturated heterocycles. The molecule has 0 aliphatic heterocycles. The third-order valence-corrected chi connectivity index (χ3v) is 7.39. The van der Waals surface area contributed by atoms with Crippen LogP contribution in [0.15, 0.2) is 30.3 Å². The van der Waals surface area contributed by atoms with E-state index >= 15 is 0 Å². The number of carbonyl (C=O) groups excluding carboxylic acids is 2. The first-order valence-corrected chi connectivity index (χ1v) is 14.8. The highest BCUT2D eigenvalue weighted by Crippen LogP contribution is 2.16. The Hall–Kier alpha value is -2.18. The Morgan fingerprint density at radius 2 is 1.41 bits per heavy atom. The molecular formula is C31H51N3O3. The van der Waals surface area contributed by atoms with Crippen LogP contribution in [0.4, 0.5) is 0 Å². The van der Waals surface area contributed by atoms with Gasteiger partial charge in [-0.05, 0) is 32.0 Å². The second-order valence-electron chi connectivity index (χ2n) is 10.6. The molecule has 0 bridgehead atoms. The average molecular weight is 514 g/mol. The Balaban J connectivity index is 1.55. The van der Waals surface area contributed by atoms with Gasteiger partial charge < -0.3 is 15.4 Å².